The Morgan fingerprint density at radius 2 is 1.96 bits per heavy atom. The minimum absolute atomic E-state index is 0.103. The number of nitrogens with two attached hydrogens (primary N) is 1. The monoisotopic (exact) mass is 342 g/mol. The van der Waals surface area contributed by atoms with E-state index in [1.54, 1.807) is 56.7 Å². The van der Waals surface area contributed by atoms with E-state index in [-0.39, 0.29) is 24.8 Å². The Labute approximate surface area is 146 Å². The number of carbonyl (C=O) groups is 2. The van der Waals surface area contributed by atoms with Gasteiger partial charge in [-0.25, -0.2) is 0 Å². The van der Waals surface area contributed by atoms with Crippen molar-refractivity contribution < 1.29 is 14.3 Å². The van der Waals surface area contributed by atoms with E-state index in [9.17, 15) is 9.59 Å². The summed E-state index contributed by atoms with van der Waals surface area (Å²) in [5.41, 5.74) is 8.28. The second-order valence-electron chi connectivity index (χ2n) is 5.27. The fourth-order valence-corrected chi connectivity index (χ4v) is 2.39. The second kappa shape index (κ2) is 8.68. The Hall–Kier alpha value is -3.09. The zero-order chi connectivity index (χ0) is 18.2. The van der Waals surface area contributed by atoms with Crippen LogP contribution in [-0.2, 0) is 9.53 Å². The van der Waals surface area contributed by atoms with Gasteiger partial charge in [0.05, 0.1) is 24.4 Å². The fourth-order valence-electron chi connectivity index (χ4n) is 2.39. The van der Waals surface area contributed by atoms with Crippen LogP contribution in [0.15, 0.2) is 42.7 Å². The van der Waals surface area contributed by atoms with Crippen molar-refractivity contribution in [1.82, 2.24) is 4.98 Å². The standard InChI is InChI=1S/C18H22N4O3/c1-3-25-17(23)8-11-22(14-6-9-21-10-7-14)18(24)13-4-5-16(20-2)15(19)12-13/h4-7,9-10,12,20H,3,8,11,19H2,1-2H3. The van der Waals surface area contributed by atoms with E-state index < -0.39 is 0 Å². The number of nitrogen functional groups attached to an aromatic ring is 1. The van der Waals surface area contributed by atoms with Crippen LogP contribution in [0.1, 0.15) is 23.7 Å². The van der Waals surface area contributed by atoms with Crippen LogP contribution in [0.2, 0.25) is 0 Å². The fraction of sp³-hybridized carbons (Fsp3) is 0.278. The van der Waals surface area contributed by atoms with Gasteiger partial charge in [-0.1, -0.05) is 0 Å². The largest absolute Gasteiger partial charge is 0.466 e. The Morgan fingerprint density at radius 3 is 2.56 bits per heavy atom. The molecule has 1 amide bonds. The molecule has 0 fully saturated rings. The van der Waals surface area contributed by atoms with Crippen molar-refractivity contribution >= 4 is 28.9 Å². The molecule has 0 saturated heterocycles. The van der Waals surface area contributed by atoms with Gasteiger partial charge in [-0.2, -0.15) is 0 Å². The molecule has 7 heteroatoms. The third-order valence-electron chi connectivity index (χ3n) is 3.63. The number of amides is 1. The van der Waals surface area contributed by atoms with E-state index in [1.807, 2.05) is 0 Å². The van der Waals surface area contributed by atoms with Gasteiger partial charge < -0.3 is 20.7 Å². The molecular weight excluding hydrogens is 320 g/mol. The molecule has 3 N–H and O–H groups in total. The first-order valence-electron chi connectivity index (χ1n) is 8.01. The summed E-state index contributed by atoms with van der Waals surface area (Å²) in [6.45, 7) is 2.26. The molecule has 0 saturated carbocycles. The lowest BCUT2D eigenvalue weighted by molar-refractivity contribution is -0.142. The lowest BCUT2D eigenvalue weighted by Crippen LogP contribution is -2.33. The highest BCUT2D eigenvalue weighted by Gasteiger charge is 2.20. The first kappa shape index (κ1) is 18.3. The van der Waals surface area contributed by atoms with Crippen LogP contribution in [0.25, 0.3) is 0 Å². The molecule has 132 valence electrons. The molecule has 1 aromatic carbocycles. The third-order valence-corrected chi connectivity index (χ3v) is 3.63. The van der Waals surface area contributed by atoms with Crippen molar-refractivity contribution in [2.45, 2.75) is 13.3 Å². The average molecular weight is 342 g/mol. The van der Waals surface area contributed by atoms with Crippen LogP contribution >= 0.6 is 0 Å². The smallest absolute Gasteiger partial charge is 0.307 e. The quantitative estimate of drug-likeness (QED) is 0.592. The minimum atomic E-state index is -0.348. The Kier molecular flexibility index (Phi) is 6.33. The topological polar surface area (TPSA) is 97.5 Å². The number of rotatable bonds is 7. The summed E-state index contributed by atoms with van der Waals surface area (Å²) < 4.78 is 4.95. The summed E-state index contributed by atoms with van der Waals surface area (Å²) in [5.74, 6) is -0.593. The van der Waals surface area contributed by atoms with Gasteiger partial charge in [0.2, 0.25) is 0 Å². The molecule has 0 bridgehead atoms. The van der Waals surface area contributed by atoms with Crippen molar-refractivity contribution in [1.29, 1.82) is 0 Å². The maximum atomic E-state index is 12.9. The molecule has 25 heavy (non-hydrogen) atoms. The normalized spacial score (nSPS) is 10.2. The lowest BCUT2D eigenvalue weighted by atomic mass is 10.1. The predicted molar refractivity (Wildman–Crippen MR) is 97.6 cm³/mol. The number of esters is 1. The molecule has 0 unspecified atom stereocenters. The van der Waals surface area contributed by atoms with Crippen LogP contribution < -0.4 is 16.0 Å². The van der Waals surface area contributed by atoms with Gasteiger partial charge in [-0.05, 0) is 37.3 Å². The molecule has 7 nitrogen and oxygen atoms in total. The maximum absolute atomic E-state index is 12.9. The Balaban J connectivity index is 2.26. The number of nitrogens with zero attached hydrogens (tertiary/aromatic N) is 2. The number of pyridine rings is 1. The van der Waals surface area contributed by atoms with Gasteiger partial charge in [0.25, 0.3) is 5.91 Å². The third kappa shape index (κ3) is 4.69. The van der Waals surface area contributed by atoms with Gasteiger partial charge in [-0.15, -0.1) is 0 Å². The highest BCUT2D eigenvalue weighted by atomic mass is 16.5. The molecule has 0 atom stereocenters. The molecule has 1 heterocycles. The highest BCUT2D eigenvalue weighted by Crippen LogP contribution is 2.22. The predicted octanol–water partition coefficient (Wildman–Crippen LogP) is 2.31. The molecule has 2 aromatic rings. The zero-order valence-corrected chi connectivity index (χ0v) is 14.4. The van der Waals surface area contributed by atoms with Crippen molar-refractivity contribution in [2.75, 3.05) is 36.1 Å². The van der Waals surface area contributed by atoms with Gasteiger partial charge in [0.15, 0.2) is 0 Å². The molecule has 0 radical (unpaired) electrons. The lowest BCUT2D eigenvalue weighted by Gasteiger charge is -2.23. The van der Waals surface area contributed by atoms with E-state index in [2.05, 4.69) is 10.3 Å². The molecular formula is C18H22N4O3. The first-order valence-corrected chi connectivity index (χ1v) is 8.01. The van der Waals surface area contributed by atoms with E-state index in [1.165, 1.54) is 4.90 Å². The number of hydrogen-bond acceptors (Lipinski definition) is 6. The van der Waals surface area contributed by atoms with Crippen LogP contribution in [0.4, 0.5) is 17.1 Å². The van der Waals surface area contributed by atoms with Crippen molar-refractivity contribution in [3.63, 3.8) is 0 Å². The molecule has 2 rings (SSSR count). The number of carbonyl (C=O) groups excluding carboxylic acids is 2. The summed E-state index contributed by atoms with van der Waals surface area (Å²) in [6.07, 6.45) is 3.29. The summed E-state index contributed by atoms with van der Waals surface area (Å²) >= 11 is 0. The number of nitrogens with one attached hydrogen (secondary N) is 1. The van der Waals surface area contributed by atoms with Crippen LogP contribution in [0.3, 0.4) is 0 Å². The van der Waals surface area contributed by atoms with Gasteiger partial charge >= 0.3 is 5.97 Å². The van der Waals surface area contributed by atoms with Gasteiger partial charge in [-0.3, -0.25) is 14.6 Å². The summed E-state index contributed by atoms with van der Waals surface area (Å²) in [6, 6.07) is 8.50. The van der Waals surface area contributed by atoms with E-state index in [0.717, 1.165) is 5.69 Å². The van der Waals surface area contributed by atoms with Gasteiger partial charge in [0.1, 0.15) is 0 Å². The van der Waals surface area contributed by atoms with Crippen molar-refractivity contribution in [3.05, 3.63) is 48.3 Å². The summed E-state index contributed by atoms with van der Waals surface area (Å²) in [5, 5.41) is 2.96. The minimum Gasteiger partial charge on any atom is -0.466 e. The van der Waals surface area contributed by atoms with Gasteiger partial charge in [0, 0.05) is 37.2 Å². The van der Waals surface area contributed by atoms with Crippen LogP contribution in [0.5, 0.6) is 0 Å². The number of hydrogen-bond donors (Lipinski definition) is 2. The SMILES string of the molecule is CCOC(=O)CCN(C(=O)c1ccc(NC)c(N)c1)c1ccncc1. The molecule has 0 aliphatic carbocycles. The van der Waals surface area contributed by atoms with E-state index >= 15 is 0 Å². The zero-order valence-electron chi connectivity index (χ0n) is 14.4. The number of anilines is 3. The number of benzene rings is 1. The van der Waals surface area contributed by atoms with Crippen LogP contribution in [-0.4, -0.2) is 37.1 Å². The molecule has 1 aromatic heterocycles. The Morgan fingerprint density at radius 1 is 1.24 bits per heavy atom. The maximum Gasteiger partial charge on any atom is 0.307 e. The van der Waals surface area contributed by atoms with Crippen LogP contribution in [0, 0.1) is 0 Å². The van der Waals surface area contributed by atoms with Crippen molar-refractivity contribution in [2.24, 2.45) is 0 Å². The Bertz CT molecular complexity index is 734. The molecule has 0 aliphatic rings. The molecule has 0 spiro atoms. The van der Waals surface area contributed by atoms with Crippen molar-refractivity contribution in [3.8, 4) is 0 Å². The first-order chi connectivity index (χ1) is 12.1. The summed E-state index contributed by atoms with van der Waals surface area (Å²) in [7, 11) is 1.76. The highest BCUT2D eigenvalue weighted by molar-refractivity contribution is 6.07. The number of aromatic nitrogens is 1. The summed E-state index contributed by atoms with van der Waals surface area (Å²) in [4.78, 5) is 30.1. The second-order valence-corrected chi connectivity index (χ2v) is 5.27. The number of ether oxygens (including phenoxy) is 1. The molecule has 0 aliphatic heterocycles. The van der Waals surface area contributed by atoms with E-state index in [0.29, 0.717) is 23.5 Å². The van der Waals surface area contributed by atoms with E-state index in [4.69, 9.17) is 10.5 Å². The average Bonchev–Trinajstić information content (AvgIpc) is 2.62.